The Balaban J connectivity index is 3.13. The molecule has 0 bridgehead atoms. The Morgan fingerprint density at radius 1 is 1.41 bits per heavy atom. The zero-order valence-electron chi connectivity index (χ0n) is 9.52. The predicted molar refractivity (Wildman–Crippen MR) is 61.4 cm³/mol. The highest BCUT2D eigenvalue weighted by Gasteiger charge is 2.24. The molecule has 1 aromatic carbocycles. The maximum Gasteiger partial charge on any atom is 0.252 e. The van der Waals surface area contributed by atoms with Crippen molar-refractivity contribution in [3.63, 3.8) is 0 Å². The molecule has 96 valence electrons. The van der Waals surface area contributed by atoms with Gasteiger partial charge < -0.3 is 5.73 Å². The van der Waals surface area contributed by atoms with E-state index >= 15 is 0 Å². The Morgan fingerprint density at radius 3 is 2.47 bits per heavy atom. The number of sulfonamides is 1. The summed E-state index contributed by atoms with van der Waals surface area (Å²) in [5, 5.41) is 0. The van der Waals surface area contributed by atoms with E-state index in [-0.39, 0.29) is 4.90 Å². The molecular weight excluding hydrogens is 250 g/mol. The maximum atomic E-state index is 12.2. The van der Waals surface area contributed by atoms with Gasteiger partial charge in [-0.3, -0.25) is 0 Å². The van der Waals surface area contributed by atoms with Crippen LogP contribution in [-0.4, -0.2) is 32.7 Å². The second-order valence-corrected chi connectivity index (χ2v) is 5.71. The Bertz CT molecular complexity index is 503. The Hall–Kier alpha value is -1.21. The van der Waals surface area contributed by atoms with Gasteiger partial charge in [-0.05, 0) is 30.7 Å². The highest BCUT2D eigenvalue weighted by molar-refractivity contribution is 7.89. The summed E-state index contributed by atoms with van der Waals surface area (Å²) in [6.45, 7) is 0.742. The number of rotatable bonds is 4. The number of alkyl halides is 2. The number of nitrogens with zero attached hydrogens (tertiary/aromatic N) is 1. The minimum Gasteiger partial charge on any atom is -0.399 e. The number of hydrogen-bond acceptors (Lipinski definition) is 3. The monoisotopic (exact) mass is 264 g/mol. The molecule has 7 heteroatoms. The standard InChI is InChI=1S/C10H14F2N2O2S/c1-7-5-8(13)3-4-9(7)17(15,16)14(2)6-10(11)12/h3-5,10H,6,13H2,1-2H3. The molecule has 0 spiro atoms. The van der Waals surface area contributed by atoms with E-state index in [0.29, 0.717) is 15.6 Å². The summed E-state index contributed by atoms with van der Waals surface area (Å²) in [5.41, 5.74) is 6.36. The first-order valence-electron chi connectivity index (χ1n) is 4.85. The van der Waals surface area contributed by atoms with Crippen LogP contribution in [0.5, 0.6) is 0 Å². The quantitative estimate of drug-likeness (QED) is 0.837. The highest BCUT2D eigenvalue weighted by atomic mass is 32.2. The third kappa shape index (κ3) is 3.13. The van der Waals surface area contributed by atoms with Crippen molar-refractivity contribution in [3.05, 3.63) is 23.8 Å². The number of halogens is 2. The zero-order chi connectivity index (χ0) is 13.2. The van der Waals surface area contributed by atoms with Crippen molar-refractivity contribution in [1.29, 1.82) is 0 Å². The van der Waals surface area contributed by atoms with Gasteiger partial charge in [0.2, 0.25) is 10.0 Å². The normalized spacial score (nSPS) is 12.4. The molecule has 0 fully saturated rings. The van der Waals surface area contributed by atoms with Gasteiger partial charge >= 0.3 is 0 Å². The Labute approximate surface area is 99.1 Å². The second kappa shape index (κ2) is 4.97. The number of benzene rings is 1. The second-order valence-electron chi connectivity index (χ2n) is 3.70. The molecule has 1 rings (SSSR count). The summed E-state index contributed by atoms with van der Waals surface area (Å²) in [6.07, 6.45) is -2.70. The number of nitrogen functional groups attached to an aromatic ring is 1. The van der Waals surface area contributed by atoms with Gasteiger partial charge in [0.1, 0.15) is 0 Å². The van der Waals surface area contributed by atoms with E-state index in [4.69, 9.17) is 5.73 Å². The van der Waals surface area contributed by atoms with E-state index in [9.17, 15) is 17.2 Å². The summed E-state index contributed by atoms with van der Waals surface area (Å²) in [5.74, 6) is 0. The summed E-state index contributed by atoms with van der Waals surface area (Å²) in [6, 6.07) is 4.24. The van der Waals surface area contributed by atoms with Gasteiger partial charge in [0.05, 0.1) is 11.4 Å². The van der Waals surface area contributed by atoms with Gasteiger partial charge in [0, 0.05) is 12.7 Å². The molecule has 17 heavy (non-hydrogen) atoms. The van der Waals surface area contributed by atoms with Gasteiger partial charge in [0.25, 0.3) is 6.43 Å². The molecule has 0 aliphatic rings. The number of hydrogen-bond donors (Lipinski definition) is 1. The summed E-state index contributed by atoms with van der Waals surface area (Å²) in [7, 11) is -2.76. The van der Waals surface area contributed by atoms with Gasteiger partial charge in [-0.1, -0.05) is 0 Å². The predicted octanol–water partition coefficient (Wildman–Crippen LogP) is 1.46. The molecule has 0 aromatic heterocycles. The van der Waals surface area contributed by atoms with E-state index in [0.717, 1.165) is 7.05 Å². The topological polar surface area (TPSA) is 63.4 Å². The molecule has 0 atom stereocenters. The summed E-state index contributed by atoms with van der Waals surface area (Å²) < 4.78 is 48.9. The van der Waals surface area contributed by atoms with Crippen LogP contribution >= 0.6 is 0 Å². The van der Waals surface area contributed by atoms with E-state index in [1.165, 1.54) is 18.2 Å². The van der Waals surface area contributed by atoms with Crippen LogP contribution in [-0.2, 0) is 10.0 Å². The van der Waals surface area contributed by atoms with Gasteiger partial charge in [-0.2, -0.15) is 4.31 Å². The van der Waals surface area contributed by atoms with Gasteiger partial charge in [-0.15, -0.1) is 0 Å². The molecule has 4 nitrogen and oxygen atoms in total. The average Bonchev–Trinajstić information content (AvgIpc) is 2.15. The largest absolute Gasteiger partial charge is 0.399 e. The van der Waals surface area contributed by atoms with Gasteiger partial charge in [-0.25, -0.2) is 17.2 Å². The van der Waals surface area contributed by atoms with Crippen LogP contribution in [0.1, 0.15) is 5.56 Å². The third-order valence-electron chi connectivity index (χ3n) is 2.28. The molecule has 0 aliphatic heterocycles. The van der Waals surface area contributed by atoms with Crippen molar-refractivity contribution in [2.45, 2.75) is 18.2 Å². The fraction of sp³-hybridized carbons (Fsp3) is 0.400. The smallest absolute Gasteiger partial charge is 0.252 e. The average molecular weight is 264 g/mol. The Morgan fingerprint density at radius 2 is 2.00 bits per heavy atom. The van der Waals surface area contributed by atoms with Crippen molar-refractivity contribution < 1.29 is 17.2 Å². The number of nitrogens with two attached hydrogens (primary N) is 1. The molecule has 0 saturated carbocycles. The lowest BCUT2D eigenvalue weighted by molar-refractivity contribution is 0.126. The lowest BCUT2D eigenvalue weighted by atomic mass is 10.2. The van der Waals surface area contributed by atoms with Crippen LogP contribution in [0.4, 0.5) is 14.5 Å². The molecule has 0 amide bonds. The van der Waals surface area contributed by atoms with Crippen LogP contribution in [0.15, 0.2) is 23.1 Å². The fourth-order valence-electron chi connectivity index (χ4n) is 1.42. The van der Waals surface area contributed by atoms with Crippen LogP contribution < -0.4 is 5.73 Å². The van der Waals surface area contributed by atoms with E-state index in [1.807, 2.05) is 0 Å². The molecule has 2 N–H and O–H groups in total. The first-order valence-corrected chi connectivity index (χ1v) is 6.29. The van der Waals surface area contributed by atoms with Crippen molar-refractivity contribution in [3.8, 4) is 0 Å². The van der Waals surface area contributed by atoms with E-state index < -0.39 is 23.0 Å². The van der Waals surface area contributed by atoms with Crippen LogP contribution in [0.25, 0.3) is 0 Å². The van der Waals surface area contributed by atoms with E-state index in [1.54, 1.807) is 6.92 Å². The van der Waals surface area contributed by atoms with Crippen molar-refractivity contribution in [2.75, 3.05) is 19.3 Å². The fourth-order valence-corrected chi connectivity index (χ4v) is 2.77. The summed E-state index contributed by atoms with van der Waals surface area (Å²) >= 11 is 0. The maximum absolute atomic E-state index is 12.2. The molecule has 0 heterocycles. The Kier molecular flexibility index (Phi) is 4.05. The van der Waals surface area contributed by atoms with E-state index in [2.05, 4.69) is 0 Å². The minimum absolute atomic E-state index is 0.00477. The van der Waals surface area contributed by atoms with Crippen molar-refractivity contribution in [2.24, 2.45) is 0 Å². The van der Waals surface area contributed by atoms with Gasteiger partial charge in [0.15, 0.2) is 0 Å². The molecule has 0 saturated heterocycles. The first kappa shape index (κ1) is 13.9. The molecule has 1 aromatic rings. The highest BCUT2D eigenvalue weighted by Crippen LogP contribution is 2.21. The van der Waals surface area contributed by atoms with Crippen molar-refractivity contribution in [1.82, 2.24) is 4.31 Å². The number of aryl methyl sites for hydroxylation is 1. The minimum atomic E-state index is -3.88. The molecular formula is C10H14F2N2O2S. The molecule has 0 aliphatic carbocycles. The lowest BCUT2D eigenvalue weighted by Crippen LogP contribution is -2.31. The molecule has 0 unspecified atom stereocenters. The lowest BCUT2D eigenvalue weighted by Gasteiger charge is -2.18. The SMILES string of the molecule is Cc1cc(N)ccc1S(=O)(=O)N(C)CC(F)F. The van der Waals surface area contributed by atoms with Crippen LogP contribution in [0.2, 0.25) is 0 Å². The first-order chi connectivity index (χ1) is 7.75. The third-order valence-corrected chi connectivity index (χ3v) is 4.27. The van der Waals surface area contributed by atoms with Crippen LogP contribution in [0.3, 0.4) is 0 Å². The zero-order valence-corrected chi connectivity index (χ0v) is 10.3. The summed E-state index contributed by atoms with van der Waals surface area (Å²) in [4.78, 5) is -0.00477. The van der Waals surface area contributed by atoms with Crippen LogP contribution in [0, 0.1) is 6.92 Å². The van der Waals surface area contributed by atoms with Crippen molar-refractivity contribution >= 4 is 15.7 Å². The molecule has 0 radical (unpaired) electrons. The number of anilines is 1.